The molecule has 3 amide bonds. The zero-order valence-electron chi connectivity index (χ0n) is 18.6. The number of aromatic nitrogens is 3. The van der Waals surface area contributed by atoms with Gasteiger partial charge in [0.25, 0.3) is 5.91 Å². The lowest BCUT2D eigenvalue weighted by atomic mass is 10.0. The van der Waals surface area contributed by atoms with Gasteiger partial charge in [-0.3, -0.25) is 29.7 Å². The summed E-state index contributed by atoms with van der Waals surface area (Å²) in [6.07, 6.45) is 2.98. The predicted octanol–water partition coefficient (Wildman–Crippen LogP) is 1.56. The number of nitrogen functional groups attached to an aromatic ring is 1. The van der Waals surface area contributed by atoms with Crippen LogP contribution in [0.15, 0.2) is 24.3 Å². The van der Waals surface area contributed by atoms with E-state index in [2.05, 4.69) is 26.5 Å². The first-order valence-corrected chi connectivity index (χ1v) is 11.6. The van der Waals surface area contributed by atoms with Gasteiger partial charge in [0.1, 0.15) is 11.6 Å². The third kappa shape index (κ3) is 3.41. The number of benzene rings is 1. The van der Waals surface area contributed by atoms with Gasteiger partial charge in [0.15, 0.2) is 5.82 Å². The van der Waals surface area contributed by atoms with Crippen molar-refractivity contribution in [3.05, 3.63) is 41.0 Å². The topological polar surface area (TPSA) is 137 Å². The van der Waals surface area contributed by atoms with E-state index in [9.17, 15) is 14.4 Å². The van der Waals surface area contributed by atoms with E-state index >= 15 is 0 Å². The summed E-state index contributed by atoms with van der Waals surface area (Å²) >= 11 is 0. The standard InChI is InChI=1S/C24H25N7O3/c25-22-21-20(28-29-22)15(11-30-7-1-2-8-30)10-17(26-21)13-3-4-16-14(9-13)12-31(24(16)34)18-5-6-19(32)27-23(18)33/h3-4,9-10,18H,1-2,5-8,11-12H2,(H3,25,28,29)(H,27,32,33). The number of hydrogen-bond donors (Lipinski definition) is 3. The third-order valence-corrected chi connectivity index (χ3v) is 7.04. The number of likely N-dealkylation sites (tertiary alicyclic amines) is 1. The number of pyridine rings is 1. The highest BCUT2D eigenvalue weighted by molar-refractivity contribution is 6.05. The van der Waals surface area contributed by atoms with Crippen LogP contribution in [0.4, 0.5) is 5.82 Å². The maximum atomic E-state index is 13.0. The summed E-state index contributed by atoms with van der Waals surface area (Å²) in [7, 11) is 0. The quantitative estimate of drug-likeness (QED) is 0.504. The third-order valence-electron chi connectivity index (χ3n) is 7.04. The van der Waals surface area contributed by atoms with Crippen LogP contribution in [0.1, 0.15) is 47.2 Å². The first kappa shape index (κ1) is 20.8. The first-order chi connectivity index (χ1) is 16.5. The molecule has 10 nitrogen and oxygen atoms in total. The van der Waals surface area contributed by atoms with Crippen LogP contribution in [0.2, 0.25) is 0 Å². The van der Waals surface area contributed by atoms with Crippen molar-refractivity contribution in [3.63, 3.8) is 0 Å². The summed E-state index contributed by atoms with van der Waals surface area (Å²) < 4.78 is 0. The normalized spacial score (nSPS) is 20.9. The van der Waals surface area contributed by atoms with Crippen molar-refractivity contribution in [3.8, 4) is 11.3 Å². The van der Waals surface area contributed by atoms with Crippen LogP contribution >= 0.6 is 0 Å². The van der Waals surface area contributed by atoms with Crippen LogP contribution in [0.25, 0.3) is 22.3 Å². The molecule has 3 aliphatic rings. The number of nitrogens with two attached hydrogens (primary N) is 1. The predicted molar refractivity (Wildman–Crippen MR) is 124 cm³/mol. The molecule has 1 unspecified atom stereocenters. The van der Waals surface area contributed by atoms with E-state index in [4.69, 9.17) is 10.7 Å². The lowest BCUT2D eigenvalue weighted by Crippen LogP contribution is -2.52. The molecule has 6 rings (SSSR count). The average Bonchev–Trinajstić information content (AvgIpc) is 3.54. The average molecular weight is 460 g/mol. The van der Waals surface area contributed by atoms with E-state index in [0.29, 0.717) is 29.9 Å². The Balaban J connectivity index is 1.34. The Morgan fingerprint density at radius 2 is 1.94 bits per heavy atom. The Bertz CT molecular complexity index is 1340. The number of piperidine rings is 1. The summed E-state index contributed by atoms with van der Waals surface area (Å²) in [5, 5.41) is 9.53. The van der Waals surface area contributed by atoms with Gasteiger partial charge in [-0.05, 0) is 61.7 Å². The van der Waals surface area contributed by atoms with Gasteiger partial charge < -0.3 is 10.6 Å². The number of aromatic amines is 1. The Morgan fingerprint density at radius 3 is 2.74 bits per heavy atom. The molecule has 1 atom stereocenters. The van der Waals surface area contributed by atoms with Crippen molar-refractivity contribution in [2.45, 2.75) is 44.8 Å². The minimum absolute atomic E-state index is 0.187. The van der Waals surface area contributed by atoms with Crippen LogP contribution in [0, 0.1) is 0 Å². The molecule has 0 spiro atoms. The maximum Gasteiger partial charge on any atom is 0.255 e. The maximum absolute atomic E-state index is 13.0. The molecule has 0 saturated carbocycles. The van der Waals surface area contributed by atoms with E-state index in [-0.39, 0.29) is 18.2 Å². The van der Waals surface area contributed by atoms with Gasteiger partial charge in [-0.15, -0.1) is 0 Å². The molecule has 0 bridgehead atoms. The van der Waals surface area contributed by atoms with Crippen LogP contribution in [0.3, 0.4) is 0 Å². The molecule has 0 radical (unpaired) electrons. The molecule has 1 aromatic carbocycles. The fourth-order valence-electron chi connectivity index (χ4n) is 5.27. The largest absolute Gasteiger partial charge is 0.380 e. The molecule has 4 N–H and O–H groups in total. The molecular weight excluding hydrogens is 434 g/mol. The Morgan fingerprint density at radius 1 is 1.12 bits per heavy atom. The Hall–Kier alpha value is -3.79. The van der Waals surface area contributed by atoms with Crippen LogP contribution in [0.5, 0.6) is 0 Å². The summed E-state index contributed by atoms with van der Waals surface area (Å²) in [6.45, 7) is 3.26. The number of hydrogen-bond acceptors (Lipinski definition) is 7. The van der Waals surface area contributed by atoms with Crippen LogP contribution in [-0.4, -0.2) is 61.8 Å². The van der Waals surface area contributed by atoms with E-state index in [0.717, 1.165) is 47.5 Å². The molecule has 174 valence electrons. The minimum Gasteiger partial charge on any atom is -0.380 e. The van der Waals surface area contributed by atoms with Crippen molar-refractivity contribution in [1.82, 2.24) is 30.3 Å². The van der Waals surface area contributed by atoms with Crippen molar-refractivity contribution >= 4 is 34.6 Å². The second-order valence-electron chi connectivity index (χ2n) is 9.25. The SMILES string of the molecule is Nc1n[nH]c2c(CN3CCCC3)cc(-c3ccc4c(c3)CN(C3CCC(=O)NC3=O)C4=O)nc12. The number of fused-ring (bicyclic) bond motifs is 2. The molecule has 2 aromatic heterocycles. The lowest BCUT2D eigenvalue weighted by molar-refractivity contribution is -0.136. The number of anilines is 1. The van der Waals surface area contributed by atoms with Gasteiger partial charge in [-0.1, -0.05) is 6.07 Å². The number of nitrogens with zero attached hydrogens (tertiary/aromatic N) is 4. The number of H-pyrrole nitrogens is 1. The molecule has 3 aromatic rings. The van der Waals surface area contributed by atoms with Gasteiger partial charge in [-0.25, -0.2) is 4.98 Å². The van der Waals surface area contributed by atoms with Crippen molar-refractivity contribution in [2.24, 2.45) is 0 Å². The van der Waals surface area contributed by atoms with Crippen molar-refractivity contribution in [2.75, 3.05) is 18.8 Å². The second-order valence-corrected chi connectivity index (χ2v) is 9.25. The fourth-order valence-corrected chi connectivity index (χ4v) is 5.27. The number of carbonyl (C=O) groups excluding carboxylic acids is 3. The summed E-state index contributed by atoms with van der Waals surface area (Å²) in [6, 6.07) is 7.07. The minimum atomic E-state index is -0.631. The molecule has 2 saturated heterocycles. The first-order valence-electron chi connectivity index (χ1n) is 11.6. The summed E-state index contributed by atoms with van der Waals surface area (Å²) in [5.41, 5.74) is 11.8. The van der Waals surface area contributed by atoms with Gasteiger partial charge >= 0.3 is 0 Å². The summed E-state index contributed by atoms with van der Waals surface area (Å²) in [5.74, 6) is -0.530. The highest BCUT2D eigenvalue weighted by Gasteiger charge is 2.39. The molecular formula is C24H25N7O3. The number of nitrogens with one attached hydrogen (secondary N) is 2. The lowest BCUT2D eigenvalue weighted by Gasteiger charge is -2.29. The molecule has 3 aliphatic heterocycles. The number of rotatable bonds is 4. The Labute approximate surface area is 195 Å². The summed E-state index contributed by atoms with van der Waals surface area (Å²) in [4.78, 5) is 45.6. The molecule has 0 aliphatic carbocycles. The Kier molecular flexibility index (Phi) is 4.84. The zero-order valence-corrected chi connectivity index (χ0v) is 18.6. The van der Waals surface area contributed by atoms with Gasteiger partial charge in [0.2, 0.25) is 11.8 Å². The van der Waals surface area contributed by atoms with E-state index in [1.54, 1.807) is 11.0 Å². The van der Waals surface area contributed by atoms with Crippen LogP contribution < -0.4 is 11.1 Å². The highest BCUT2D eigenvalue weighted by atomic mass is 16.2. The van der Waals surface area contributed by atoms with E-state index < -0.39 is 11.9 Å². The molecule has 34 heavy (non-hydrogen) atoms. The van der Waals surface area contributed by atoms with Gasteiger partial charge in [0, 0.05) is 30.6 Å². The van der Waals surface area contributed by atoms with Gasteiger partial charge in [-0.2, -0.15) is 5.10 Å². The second kappa shape index (κ2) is 7.91. The van der Waals surface area contributed by atoms with E-state index in [1.165, 1.54) is 12.8 Å². The van der Waals surface area contributed by atoms with E-state index in [1.807, 2.05) is 12.1 Å². The number of carbonyl (C=O) groups is 3. The number of amides is 3. The number of imide groups is 1. The smallest absolute Gasteiger partial charge is 0.255 e. The van der Waals surface area contributed by atoms with Crippen molar-refractivity contribution < 1.29 is 14.4 Å². The molecule has 2 fully saturated rings. The fraction of sp³-hybridized carbons (Fsp3) is 0.375. The van der Waals surface area contributed by atoms with Crippen LogP contribution in [-0.2, 0) is 22.7 Å². The molecule has 10 heteroatoms. The molecule has 5 heterocycles. The van der Waals surface area contributed by atoms with Gasteiger partial charge in [0.05, 0.1) is 11.2 Å². The monoisotopic (exact) mass is 459 g/mol. The van der Waals surface area contributed by atoms with Crippen molar-refractivity contribution in [1.29, 1.82) is 0 Å². The zero-order chi connectivity index (χ0) is 23.4. The highest BCUT2D eigenvalue weighted by Crippen LogP contribution is 2.33.